The second kappa shape index (κ2) is 5.39. The van der Waals surface area contributed by atoms with Gasteiger partial charge in [0.05, 0.1) is 12.4 Å². The van der Waals surface area contributed by atoms with Crippen LogP contribution in [0.2, 0.25) is 0 Å². The van der Waals surface area contributed by atoms with Gasteiger partial charge in [-0.15, -0.1) is 11.6 Å². The maximum absolute atomic E-state index is 5.76. The quantitative estimate of drug-likeness (QED) is 0.717. The molecule has 3 rings (SSSR count). The molecule has 2 aromatic carbocycles. The van der Waals surface area contributed by atoms with E-state index in [1.165, 1.54) is 11.1 Å². The number of fused-ring (bicyclic) bond motifs is 1. The van der Waals surface area contributed by atoms with Crippen LogP contribution in [0.5, 0.6) is 5.75 Å². The van der Waals surface area contributed by atoms with E-state index in [1.807, 2.05) is 36.4 Å². The maximum Gasteiger partial charge on any atom is 2.00 e. The minimum Gasteiger partial charge on any atom is -0.513 e. The fraction of sp³-hybridized carbons (Fsp3) is 0.0625. The molecule has 18 heavy (non-hydrogen) atoms. The summed E-state index contributed by atoms with van der Waals surface area (Å²) in [5, 5.41) is 0. The van der Waals surface area contributed by atoms with Crippen molar-refractivity contribution in [3.8, 4) is 5.75 Å². The Morgan fingerprint density at radius 3 is 2.33 bits per heavy atom. The number of hydrogen-bond acceptors (Lipinski definition) is 1. The third-order valence-electron chi connectivity index (χ3n) is 3.07. The summed E-state index contributed by atoms with van der Waals surface area (Å²) in [6, 6.07) is 18.3. The molecule has 0 fully saturated rings. The zero-order chi connectivity index (χ0) is 11.7. The van der Waals surface area contributed by atoms with Crippen LogP contribution in [0.4, 0.5) is 0 Å². The Hall–Kier alpha value is -1.57. The Morgan fingerprint density at radius 1 is 0.889 bits per heavy atom. The van der Waals surface area contributed by atoms with E-state index in [9.17, 15) is 0 Å². The van der Waals surface area contributed by atoms with Crippen LogP contribution in [0, 0.1) is 6.92 Å². The second-order valence-corrected chi connectivity index (χ2v) is 4.11. The van der Waals surface area contributed by atoms with E-state index in [2.05, 4.69) is 25.1 Å². The zero-order valence-corrected chi connectivity index (χ0v) is 11.4. The van der Waals surface area contributed by atoms with Gasteiger partial charge < -0.3 is 4.74 Å². The molecule has 1 aliphatic rings. The fourth-order valence-corrected chi connectivity index (χ4v) is 2.14. The smallest absolute Gasteiger partial charge is 0.513 e. The molecule has 2 heteroatoms. The van der Waals surface area contributed by atoms with Crippen LogP contribution in [0.15, 0.2) is 54.6 Å². The summed E-state index contributed by atoms with van der Waals surface area (Å²) in [6.07, 6.45) is 0. The monoisotopic (exact) mass is 272 g/mol. The van der Waals surface area contributed by atoms with Crippen molar-refractivity contribution in [3.05, 3.63) is 72.6 Å². The van der Waals surface area contributed by atoms with E-state index < -0.39 is 0 Å². The average molecular weight is 272 g/mol. The summed E-state index contributed by atoms with van der Waals surface area (Å²) in [4.78, 5) is 0. The van der Waals surface area contributed by atoms with Crippen molar-refractivity contribution in [1.82, 2.24) is 0 Å². The number of para-hydroxylation sites is 1. The first kappa shape index (κ1) is 12.9. The van der Waals surface area contributed by atoms with Gasteiger partial charge in [-0.05, 0) is 6.07 Å². The van der Waals surface area contributed by atoms with E-state index in [0.717, 1.165) is 16.9 Å². The molecule has 0 amide bonds. The van der Waals surface area contributed by atoms with E-state index in [1.54, 1.807) is 0 Å². The minimum atomic E-state index is 0. The molecule has 1 nitrogen and oxygen atoms in total. The first-order valence-corrected chi connectivity index (χ1v) is 5.69. The predicted molar refractivity (Wildman–Crippen MR) is 70.6 cm³/mol. The maximum atomic E-state index is 5.76. The van der Waals surface area contributed by atoms with Gasteiger partial charge in [0.15, 0.2) is 0 Å². The van der Waals surface area contributed by atoms with Crippen molar-refractivity contribution >= 4 is 11.1 Å². The first-order valence-electron chi connectivity index (χ1n) is 5.69. The topological polar surface area (TPSA) is 9.23 Å². The van der Waals surface area contributed by atoms with Crippen LogP contribution in [-0.4, -0.2) is 6.61 Å². The molecule has 0 spiro atoms. The van der Waals surface area contributed by atoms with Crippen molar-refractivity contribution in [2.24, 2.45) is 0 Å². The number of benzene rings is 2. The summed E-state index contributed by atoms with van der Waals surface area (Å²) < 4.78 is 5.76. The van der Waals surface area contributed by atoms with Crippen LogP contribution in [0.25, 0.3) is 11.1 Å². The van der Waals surface area contributed by atoms with Gasteiger partial charge in [0.25, 0.3) is 0 Å². The molecule has 0 N–H and O–H groups in total. The number of allylic oxidation sites excluding steroid dienone is 1. The molecular formula is C16H13OV+. The molecule has 0 bridgehead atoms. The van der Waals surface area contributed by atoms with E-state index >= 15 is 0 Å². The van der Waals surface area contributed by atoms with Crippen LogP contribution in [-0.2, 0) is 18.6 Å². The Labute approximate surface area is 119 Å². The SMILES string of the molecule is [CH2-]C1=C(c2ccccc2)COc2ccccc21.[V+2]. The van der Waals surface area contributed by atoms with Crippen molar-refractivity contribution in [1.29, 1.82) is 0 Å². The molecule has 1 aliphatic heterocycles. The Morgan fingerprint density at radius 2 is 1.56 bits per heavy atom. The van der Waals surface area contributed by atoms with Crippen molar-refractivity contribution in [3.63, 3.8) is 0 Å². The molecular weight excluding hydrogens is 259 g/mol. The van der Waals surface area contributed by atoms with Gasteiger partial charge in [-0.1, -0.05) is 53.6 Å². The third-order valence-corrected chi connectivity index (χ3v) is 3.07. The van der Waals surface area contributed by atoms with Gasteiger partial charge in [-0.25, -0.2) is 0 Å². The van der Waals surface area contributed by atoms with Gasteiger partial charge in [0.1, 0.15) is 0 Å². The molecule has 1 heterocycles. The average Bonchev–Trinajstić information content (AvgIpc) is 2.40. The molecule has 0 saturated heterocycles. The fourth-order valence-electron chi connectivity index (χ4n) is 2.14. The van der Waals surface area contributed by atoms with Gasteiger partial charge in [-0.2, -0.15) is 12.5 Å². The van der Waals surface area contributed by atoms with Crippen LogP contribution >= 0.6 is 0 Å². The normalized spacial score (nSPS) is 13.3. The first-order chi connectivity index (χ1) is 8.36. The molecule has 0 saturated carbocycles. The van der Waals surface area contributed by atoms with Crippen molar-refractivity contribution in [2.75, 3.05) is 6.61 Å². The van der Waals surface area contributed by atoms with Crippen LogP contribution in [0.3, 0.4) is 0 Å². The third kappa shape index (κ3) is 2.20. The van der Waals surface area contributed by atoms with Crippen molar-refractivity contribution < 1.29 is 23.3 Å². The van der Waals surface area contributed by atoms with E-state index in [-0.39, 0.29) is 18.6 Å². The number of rotatable bonds is 1. The summed E-state index contributed by atoms with van der Waals surface area (Å²) in [5.74, 6) is 0.928. The van der Waals surface area contributed by atoms with E-state index in [4.69, 9.17) is 4.74 Å². The minimum absolute atomic E-state index is 0. The summed E-state index contributed by atoms with van der Waals surface area (Å²) in [5.41, 5.74) is 4.52. The van der Waals surface area contributed by atoms with Gasteiger partial charge in [0, 0.05) is 0 Å². The molecule has 0 aliphatic carbocycles. The van der Waals surface area contributed by atoms with Crippen LogP contribution in [0.1, 0.15) is 11.1 Å². The van der Waals surface area contributed by atoms with Gasteiger partial charge in [0.2, 0.25) is 0 Å². The standard InChI is InChI=1S/C16H13O.V/c1-12-14-9-5-6-10-16(14)17-11-15(12)13-7-3-2-4-8-13;/h2-10H,1,11H2;/q-1;+2. The Balaban J connectivity index is 0.00000120. The molecule has 0 atom stereocenters. The molecule has 0 aromatic heterocycles. The molecule has 2 aromatic rings. The zero-order valence-electron chi connectivity index (χ0n) is 9.97. The summed E-state index contributed by atoms with van der Waals surface area (Å²) in [7, 11) is 0. The van der Waals surface area contributed by atoms with Gasteiger partial charge >= 0.3 is 18.6 Å². The molecule has 87 valence electrons. The second-order valence-electron chi connectivity index (χ2n) is 4.11. The summed E-state index contributed by atoms with van der Waals surface area (Å²) >= 11 is 0. The summed E-state index contributed by atoms with van der Waals surface area (Å²) in [6.45, 7) is 4.79. The van der Waals surface area contributed by atoms with E-state index in [0.29, 0.717) is 6.61 Å². The molecule has 1 radical (unpaired) electrons. The van der Waals surface area contributed by atoms with Crippen molar-refractivity contribution in [2.45, 2.75) is 0 Å². The number of ether oxygens (including phenoxy) is 1. The van der Waals surface area contributed by atoms with Gasteiger partial charge in [-0.3, -0.25) is 0 Å². The molecule has 0 unspecified atom stereocenters. The Bertz CT molecular complexity index is 573. The Kier molecular flexibility index (Phi) is 3.85. The van der Waals surface area contributed by atoms with Crippen LogP contribution < -0.4 is 4.74 Å². The number of hydrogen-bond donors (Lipinski definition) is 0. The largest absolute Gasteiger partial charge is 2.00 e. The predicted octanol–water partition coefficient (Wildman–Crippen LogP) is 3.82.